The van der Waals surface area contributed by atoms with Crippen LogP contribution in [0.1, 0.15) is 39.0 Å². The van der Waals surface area contributed by atoms with Gasteiger partial charge in [0.2, 0.25) is 0 Å². The van der Waals surface area contributed by atoms with Crippen molar-refractivity contribution in [1.29, 1.82) is 0 Å². The second-order valence-electron chi connectivity index (χ2n) is 5.03. The average Bonchev–Trinajstić information content (AvgIpc) is 2.23. The minimum Gasteiger partial charge on any atom is -0.317 e. The molecule has 0 amide bonds. The van der Waals surface area contributed by atoms with Gasteiger partial charge in [0.15, 0.2) is 0 Å². The standard InChI is InChI=1S/C12H24N2/c1-11-4-2-3-9-14(11)10-12-5-7-13-8-6-12/h11-13H,2-10H2,1H3. The molecule has 2 rings (SSSR count). The number of hydrogen-bond donors (Lipinski definition) is 1. The second-order valence-corrected chi connectivity index (χ2v) is 5.03. The van der Waals surface area contributed by atoms with Crippen molar-refractivity contribution < 1.29 is 0 Å². The van der Waals surface area contributed by atoms with Gasteiger partial charge in [0.1, 0.15) is 0 Å². The Balaban J connectivity index is 1.76. The minimum atomic E-state index is 0.846. The van der Waals surface area contributed by atoms with E-state index in [0.717, 1.165) is 12.0 Å². The van der Waals surface area contributed by atoms with Gasteiger partial charge in [-0.3, -0.25) is 0 Å². The maximum atomic E-state index is 3.44. The van der Waals surface area contributed by atoms with Crippen molar-refractivity contribution in [2.75, 3.05) is 26.2 Å². The van der Waals surface area contributed by atoms with Crippen molar-refractivity contribution in [2.24, 2.45) is 5.92 Å². The molecule has 0 saturated carbocycles. The number of rotatable bonds is 2. The summed E-state index contributed by atoms with van der Waals surface area (Å²) in [5.74, 6) is 0.969. The molecule has 1 N–H and O–H groups in total. The molecule has 2 heteroatoms. The zero-order valence-corrected chi connectivity index (χ0v) is 9.47. The molecular formula is C12H24N2. The van der Waals surface area contributed by atoms with Crippen LogP contribution in [0.15, 0.2) is 0 Å². The topological polar surface area (TPSA) is 15.3 Å². The predicted molar refractivity (Wildman–Crippen MR) is 60.5 cm³/mol. The van der Waals surface area contributed by atoms with E-state index in [1.54, 1.807) is 0 Å². The summed E-state index contributed by atoms with van der Waals surface area (Å²) in [5, 5.41) is 3.44. The fraction of sp³-hybridized carbons (Fsp3) is 1.00. The molecule has 2 saturated heterocycles. The van der Waals surface area contributed by atoms with Gasteiger partial charge in [0, 0.05) is 12.6 Å². The van der Waals surface area contributed by atoms with Crippen LogP contribution < -0.4 is 5.32 Å². The van der Waals surface area contributed by atoms with Gasteiger partial charge in [-0.15, -0.1) is 0 Å². The molecule has 0 aromatic heterocycles. The predicted octanol–water partition coefficient (Wildman–Crippen LogP) is 1.86. The van der Waals surface area contributed by atoms with Gasteiger partial charge in [0.25, 0.3) is 0 Å². The molecule has 2 heterocycles. The fourth-order valence-electron chi connectivity index (χ4n) is 2.82. The number of piperidine rings is 2. The van der Waals surface area contributed by atoms with Crippen LogP contribution in [0, 0.1) is 5.92 Å². The van der Waals surface area contributed by atoms with Crippen molar-refractivity contribution in [3.8, 4) is 0 Å². The summed E-state index contributed by atoms with van der Waals surface area (Å²) in [7, 11) is 0. The van der Waals surface area contributed by atoms with E-state index < -0.39 is 0 Å². The Labute approximate surface area is 88.1 Å². The highest BCUT2D eigenvalue weighted by Crippen LogP contribution is 2.20. The van der Waals surface area contributed by atoms with Gasteiger partial charge in [-0.05, 0) is 58.2 Å². The van der Waals surface area contributed by atoms with Gasteiger partial charge in [0.05, 0.1) is 0 Å². The molecule has 2 fully saturated rings. The lowest BCUT2D eigenvalue weighted by molar-refractivity contribution is 0.125. The third kappa shape index (κ3) is 2.71. The molecule has 0 bridgehead atoms. The summed E-state index contributed by atoms with van der Waals surface area (Å²) in [6.45, 7) is 7.61. The lowest BCUT2D eigenvalue weighted by Crippen LogP contribution is -2.42. The zero-order chi connectivity index (χ0) is 9.80. The van der Waals surface area contributed by atoms with E-state index in [1.807, 2.05) is 0 Å². The van der Waals surface area contributed by atoms with Crippen LogP contribution in [0.25, 0.3) is 0 Å². The molecule has 0 aromatic rings. The summed E-state index contributed by atoms with van der Waals surface area (Å²) in [6.07, 6.45) is 7.08. The molecule has 2 nitrogen and oxygen atoms in total. The van der Waals surface area contributed by atoms with Crippen LogP contribution >= 0.6 is 0 Å². The molecule has 2 aliphatic heterocycles. The van der Waals surface area contributed by atoms with E-state index in [0.29, 0.717) is 0 Å². The van der Waals surface area contributed by atoms with Crippen LogP contribution in [-0.4, -0.2) is 37.1 Å². The zero-order valence-electron chi connectivity index (χ0n) is 9.47. The molecule has 2 aliphatic rings. The fourth-order valence-corrected chi connectivity index (χ4v) is 2.82. The molecule has 0 spiro atoms. The molecule has 0 aromatic carbocycles. The average molecular weight is 196 g/mol. The summed E-state index contributed by atoms with van der Waals surface area (Å²) in [4.78, 5) is 2.72. The Hall–Kier alpha value is -0.0800. The monoisotopic (exact) mass is 196 g/mol. The third-order valence-electron chi connectivity index (χ3n) is 3.89. The van der Waals surface area contributed by atoms with E-state index in [9.17, 15) is 0 Å². The molecule has 82 valence electrons. The van der Waals surface area contributed by atoms with E-state index in [2.05, 4.69) is 17.1 Å². The maximum Gasteiger partial charge on any atom is 0.00670 e. The first-order chi connectivity index (χ1) is 6.86. The number of hydrogen-bond acceptors (Lipinski definition) is 2. The summed E-state index contributed by atoms with van der Waals surface area (Å²) >= 11 is 0. The SMILES string of the molecule is CC1CCCCN1CC1CCNCC1. The Kier molecular flexibility index (Phi) is 3.82. The van der Waals surface area contributed by atoms with Crippen LogP contribution in [0.3, 0.4) is 0 Å². The smallest absolute Gasteiger partial charge is 0.00670 e. The number of nitrogens with one attached hydrogen (secondary N) is 1. The largest absolute Gasteiger partial charge is 0.317 e. The highest BCUT2D eigenvalue weighted by molar-refractivity contribution is 4.78. The summed E-state index contributed by atoms with van der Waals surface area (Å²) in [5.41, 5.74) is 0. The van der Waals surface area contributed by atoms with Crippen molar-refractivity contribution in [3.63, 3.8) is 0 Å². The van der Waals surface area contributed by atoms with Crippen molar-refractivity contribution in [3.05, 3.63) is 0 Å². The van der Waals surface area contributed by atoms with Gasteiger partial charge in [-0.25, -0.2) is 0 Å². The van der Waals surface area contributed by atoms with E-state index in [1.165, 1.54) is 58.3 Å². The van der Waals surface area contributed by atoms with Gasteiger partial charge >= 0.3 is 0 Å². The van der Waals surface area contributed by atoms with Crippen LogP contribution in [-0.2, 0) is 0 Å². The highest BCUT2D eigenvalue weighted by atomic mass is 15.2. The normalized spacial score (nSPS) is 31.9. The summed E-state index contributed by atoms with van der Waals surface area (Å²) in [6, 6.07) is 0.846. The second kappa shape index (κ2) is 5.13. The lowest BCUT2D eigenvalue weighted by atomic mass is 9.95. The van der Waals surface area contributed by atoms with Crippen molar-refractivity contribution in [1.82, 2.24) is 10.2 Å². The molecule has 0 aliphatic carbocycles. The van der Waals surface area contributed by atoms with Crippen molar-refractivity contribution in [2.45, 2.75) is 45.1 Å². The van der Waals surface area contributed by atoms with Crippen LogP contribution in [0.5, 0.6) is 0 Å². The third-order valence-corrected chi connectivity index (χ3v) is 3.89. The Morgan fingerprint density at radius 2 is 1.93 bits per heavy atom. The number of nitrogens with zero attached hydrogens (tertiary/aromatic N) is 1. The molecule has 1 atom stereocenters. The van der Waals surface area contributed by atoms with E-state index in [4.69, 9.17) is 0 Å². The number of likely N-dealkylation sites (tertiary alicyclic amines) is 1. The highest BCUT2D eigenvalue weighted by Gasteiger charge is 2.22. The maximum absolute atomic E-state index is 3.44. The van der Waals surface area contributed by atoms with E-state index in [-0.39, 0.29) is 0 Å². The molecule has 0 radical (unpaired) electrons. The Morgan fingerprint density at radius 3 is 2.64 bits per heavy atom. The first kappa shape index (κ1) is 10.4. The molecule has 14 heavy (non-hydrogen) atoms. The van der Waals surface area contributed by atoms with Gasteiger partial charge in [-0.2, -0.15) is 0 Å². The molecule has 1 unspecified atom stereocenters. The van der Waals surface area contributed by atoms with Gasteiger partial charge in [-0.1, -0.05) is 6.42 Å². The van der Waals surface area contributed by atoms with Crippen LogP contribution in [0.2, 0.25) is 0 Å². The Bertz CT molecular complexity index is 164. The summed E-state index contributed by atoms with van der Waals surface area (Å²) < 4.78 is 0. The minimum absolute atomic E-state index is 0.846. The van der Waals surface area contributed by atoms with Crippen molar-refractivity contribution >= 4 is 0 Å². The Morgan fingerprint density at radius 1 is 1.14 bits per heavy atom. The van der Waals surface area contributed by atoms with Crippen LogP contribution in [0.4, 0.5) is 0 Å². The first-order valence-electron chi connectivity index (χ1n) is 6.31. The lowest BCUT2D eigenvalue weighted by Gasteiger charge is -2.37. The molecular weight excluding hydrogens is 172 g/mol. The van der Waals surface area contributed by atoms with Gasteiger partial charge < -0.3 is 10.2 Å². The first-order valence-corrected chi connectivity index (χ1v) is 6.31. The quantitative estimate of drug-likeness (QED) is 0.725. The van der Waals surface area contributed by atoms with E-state index >= 15 is 0 Å².